The Hall–Kier alpha value is -1.33. The molecule has 0 atom stereocenters. The zero-order chi connectivity index (χ0) is 13.3. The lowest BCUT2D eigenvalue weighted by molar-refractivity contribution is -0.137. The third-order valence-electron chi connectivity index (χ3n) is 2.28. The van der Waals surface area contributed by atoms with Crippen molar-refractivity contribution in [3.05, 3.63) is 56.7 Å². The number of hydrogen-bond acceptors (Lipinski definition) is 2. The summed E-state index contributed by atoms with van der Waals surface area (Å²) in [7, 11) is 0. The molecule has 2 aromatic rings. The van der Waals surface area contributed by atoms with E-state index >= 15 is 0 Å². The third kappa shape index (κ3) is 2.57. The van der Waals surface area contributed by atoms with Crippen LogP contribution in [0.1, 0.15) is 20.8 Å². The first-order valence-corrected chi connectivity index (χ1v) is 6.10. The minimum absolute atomic E-state index is 0.0152. The molecule has 1 aromatic carbocycles. The number of thiophene rings is 1. The van der Waals surface area contributed by atoms with Gasteiger partial charge in [-0.25, -0.2) is 0 Å². The van der Waals surface area contributed by atoms with Crippen LogP contribution in [0, 0.1) is 0 Å². The maximum Gasteiger partial charge on any atom is 0.416 e. The molecule has 0 amide bonds. The molecule has 2 rings (SSSR count). The monoisotopic (exact) mass is 290 g/mol. The highest BCUT2D eigenvalue weighted by molar-refractivity contribution is 7.12. The predicted octanol–water partition coefficient (Wildman–Crippen LogP) is 4.65. The van der Waals surface area contributed by atoms with Crippen LogP contribution < -0.4 is 0 Å². The summed E-state index contributed by atoms with van der Waals surface area (Å²) >= 11 is 6.93. The normalized spacial score (nSPS) is 11.6. The van der Waals surface area contributed by atoms with Gasteiger partial charge in [0.15, 0.2) is 0 Å². The van der Waals surface area contributed by atoms with Gasteiger partial charge in [0.2, 0.25) is 5.78 Å². The van der Waals surface area contributed by atoms with Crippen LogP contribution in [0.15, 0.2) is 35.7 Å². The number of ketones is 1. The lowest BCUT2D eigenvalue weighted by Gasteiger charge is -2.09. The van der Waals surface area contributed by atoms with E-state index in [0.717, 1.165) is 29.5 Å². The van der Waals surface area contributed by atoms with Crippen molar-refractivity contribution in [2.24, 2.45) is 0 Å². The van der Waals surface area contributed by atoms with E-state index in [4.69, 9.17) is 11.6 Å². The molecule has 0 radical (unpaired) electrons. The maximum atomic E-state index is 12.6. The van der Waals surface area contributed by atoms with Crippen LogP contribution >= 0.6 is 22.9 Å². The molecule has 0 unspecified atom stereocenters. The Morgan fingerprint density at radius 2 is 1.94 bits per heavy atom. The standard InChI is InChI=1S/C12H6ClF3OS/c13-9-4-3-7(12(14,15)16)6-8(9)11(17)10-2-1-5-18-10/h1-6H. The molecular formula is C12H6ClF3OS. The van der Waals surface area contributed by atoms with Crippen molar-refractivity contribution in [1.29, 1.82) is 0 Å². The van der Waals surface area contributed by atoms with Crippen molar-refractivity contribution in [3.63, 3.8) is 0 Å². The fourth-order valence-electron chi connectivity index (χ4n) is 1.42. The molecule has 0 saturated heterocycles. The van der Waals surface area contributed by atoms with E-state index in [2.05, 4.69) is 0 Å². The Kier molecular flexibility index (Phi) is 3.45. The van der Waals surface area contributed by atoms with E-state index < -0.39 is 17.5 Å². The van der Waals surface area contributed by atoms with Gasteiger partial charge < -0.3 is 0 Å². The van der Waals surface area contributed by atoms with E-state index in [-0.39, 0.29) is 10.6 Å². The number of hydrogen-bond donors (Lipinski definition) is 0. The minimum Gasteiger partial charge on any atom is -0.288 e. The number of halogens is 4. The number of rotatable bonds is 2. The molecule has 0 bridgehead atoms. The summed E-state index contributed by atoms with van der Waals surface area (Å²) in [4.78, 5) is 12.3. The first-order chi connectivity index (χ1) is 8.39. The zero-order valence-corrected chi connectivity index (χ0v) is 10.4. The van der Waals surface area contributed by atoms with Gasteiger partial charge in [0.25, 0.3) is 0 Å². The molecule has 0 aliphatic carbocycles. The van der Waals surface area contributed by atoms with Gasteiger partial charge in [-0.05, 0) is 29.6 Å². The van der Waals surface area contributed by atoms with Crippen molar-refractivity contribution in [2.75, 3.05) is 0 Å². The van der Waals surface area contributed by atoms with Crippen LogP contribution in [0.4, 0.5) is 13.2 Å². The molecule has 6 heteroatoms. The van der Waals surface area contributed by atoms with Crippen LogP contribution in [0.25, 0.3) is 0 Å². The fourth-order valence-corrected chi connectivity index (χ4v) is 2.30. The summed E-state index contributed by atoms with van der Waals surface area (Å²) in [6, 6.07) is 5.92. The summed E-state index contributed by atoms with van der Waals surface area (Å²) in [5.41, 5.74) is -1.01. The Morgan fingerprint density at radius 3 is 2.50 bits per heavy atom. The average molecular weight is 291 g/mol. The van der Waals surface area contributed by atoms with Gasteiger partial charge in [-0.15, -0.1) is 11.3 Å². The highest BCUT2D eigenvalue weighted by Gasteiger charge is 2.31. The van der Waals surface area contributed by atoms with E-state index in [9.17, 15) is 18.0 Å². The van der Waals surface area contributed by atoms with E-state index in [0.29, 0.717) is 4.88 Å². The molecule has 0 spiro atoms. The Morgan fingerprint density at radius 1 is 1.22 bits per heavy atom. The van der Waals surface area contributed by atoms with Crippen molar-refractivity contribution in [2.45, 2.75) is 6.18 Å². The van der Waals surface area contributed by atoms with Crippen LogP contribution in [0.5, 0.6) is 0 Å². The zero-order valence-electron chi connectivity index (χ0n) is 8.79. The molecule has 0 N–H and O–H groups in total. The van der Waals surface area contributed by atoms with Gasteiger partial charge in [0.1, 0.15) is 0 Å². The first-order valence-electron chi connectivity index (χ1n) is 4.84. The summed E-state index contributed by atoms with van der Waals surface area (Å²) in [5, 5.41) is 1.69. The van der Waals surface area contributed by atoms with Gasteiger partial charge in [-0.1, -0.05) is 17.7 Å². The van der Waals surface area contributed by atoms with Crippen molar-refractivity contribution in [1.82, 2.24) is 0 Å². The largest absolute Gasteiger partial charge is 0.416 e. The Labute approximate surface area is 110 Å². The number of carbonyl (C=O) groups is 1. The maximum absolute atomic E-state index is 12.6. The second-order valence-electron chi connectivity index (χ2n) is 3.50. The fraction of sp³-hybridized carbons (Fsp3) is 0.0833. The van der Waals surface area contributed by atoms with E-state index in [1.807, 2.05) is 0 Å². The molecule has 94 valence electrons. The summed E-state index contributed by atoms with van der Waals surface area (Å²) < 4.78 is 37.7. The number of benzene rings is 1. The van der Waals surface area contributed by atoms with Gasteiger partial charge in [0, 0.05) is 5.56 Å². The topological polar surface area (TPSA) is 17.1 Å². The van der Waals surface area contributed by atoms with Crippen molar-refractivity contribution < 1.29 is 18.0 Å². The molecular weight excluding hydrogens is 285 g/mol. The average Bonchev–Trinajstić information content (AvgIpc) is 2.80. The molecule has 0 fully saturated rings. The number of carbonyl (C=O) groups excluding carboxylic acids is 1. The predicted molar refractivity (Wildman–Crippen MR) is 64.2 cm³/mol. The second-order valence-corrected chi connectivity index (χ2v) is 4.85. The molecule has 0 aliphatic rings. The SMILES string of the molecule is O=C(c1cccs1)c1cc(C(F)(F)F)ccc1Cl. The lowest BCUT2D eigenvalue weighted by Crippen LogP contribution is -2.08. The molecule has 1 aromatic heterocycles. The second kappa shape index (κ2) is 4.74. The third-order valence-corrected chi connectivity index (χ3v) is 3.48. The summed E-state index contributed by atoms with van der Waals surface area (Å²) in [6.45, 7) is 0. The van der Waals surface area contributed by atoms with Crippen LogP contribution in [-0.2, 0) is 6.18 Å². The molecule has 1 nitrogen and oxygen atoms in total. The van der Waals surface area contributed by atoms with Gasteiger partial charge >= 0.3 is 6.18 Å². The highest BCUT2D eigenvalue weighted by atomic mass is 35.5. The minimum atomic E-state index is -4.49. The quantitative estimate of drug-likeness (QED) is 0.736. The van der Waals surface area contributed by atoms with Crippen molar-refractivity contribution in [3.8, 4) is 0 Å². The van der Waals surface area contributed by atoms with Gasteiger partial charge in [-0.2, -0.15) is 13.2 Å². The lowest BCUT2D eigenvalue weighted by atomic mass is 10.1. The number of alkyl halides is 3. The van der Waals surface area contributed by atoms with Crippen molar-refractivity contribution >= 4 is 28.7 Å². The van der Waals surface area contributed by atoms with Crippen LogP contribution in [0.2, 0.25) is 5.02 Å². The molecule has 18 heavy (non-hydrogen) atoms. The van der Waals surface area contributed by atoms with Crippen LogP contribution in [0.3, 0.4) is 0 Å². The van der Waals surface area contributed by atoms with E-state index in [1.54, 1.807) is 17.5 Å². The van der Waals surface area contributed by atoms with Gasteiger partial charge in [0.05, 0.1) is 15.5 Å². The molecule has 0 aliphatic heterocycles. The first kappa shape index (κ1) is 13.1. The summed E-state index contributed by atoms with van der Waals surface area (Å²) in [5.74, 6) is -0.499. The molecule has 1 heterocycles. The smallest absolute Gasteiger partial charge is 0.288 e. The van der Waals surface area contributed by atoms with E-state index in [1.165, 1.54) is 0 Å². The Bertz CT molecular complexity index is 576. The highest BCUT2D eigenvalue weighted by Crippen LogP contribution is 2.32. The van der Waals surface area contributed by atoms with Crippen LogP contribution in [-0.4, -0.2) is 5.78 Å². The van der Waals surface area contributed by atoms with Gasteiger partial charge in [-0.3, -0.25) is 4.79 Å². The Balaban J connectivity index is 2.48. The summed E-state index contributed by atoms with van der Waals surface area (Å²) in [6.07, 6.45) is -4.49. The molecule has 0 saturated carbocycles.